The molecular formula is C33H32BrN5O8. The molecule has 1 atom stereocenters. The Kier molecular flexibility index (Phi) is 11.8. The van der Waals surface area contributed by atoms with Crippen LogP contribution in [0.3, 0.4) is 0 Å². The smallest absolute Gasteiger partial charge is 0.338 e. The highest BCUT2D eigenvalue weighted by Crippen LogP contribution is 2.36. The molecule has 0 unspecified atom stereocenters. The number of benzene rings is 3. The van der Waals surface area contributed by atoms with Gasteiger partial charge in [0.1, 0.15) is 6.61 Å². The Labute approximate surface area is 279 Å². The fourth-order valence-corrected chi connectivity index (χ4v) is 5.11. The minimum atomic E-state index is -0.796. The molecule has 0 bridgehead atoms. The number of urea groups is 1. The average molecular weight is 707 g/mol. The van der Waals surface area contributed by atoms with E-state index in [4.69, 9.17) is 23.7 Å². The molecule has 0 spiro atoms. The summed E-state index contributed by atoms with van der Waals surface area (Å²) < 4.78 is 28.5. The van der Waals surface area contributed by atoms with Crippen molar-refractivity contribution in [3.8, 4) is 29.1 Å². The summed E-state index contributed by atoms with van der Waals surface area (Å²) in [5.41, 5.74) is 5.27. The van der Waals surface area contributed by atoms with Gasteiger partial charge in [0, 0.05) is 21.3 Å². The van der Waals surface area contributed by atoms with Crippen molar-refractivity contribution in [2.75, 3.05) is 27.4 Å². The van der Waals surface area contributed by atoms with Crippen molar-refractivity contribution in [1.29, 1.82) is 5.26 Å². The number of carbonyl (C=O) groups is 3. The number of allylic oxidation sites excluding steroid dienone is 1. The summed E-state index contributed by atoms with van der Waals surface area (Å²) in [5, 5.41) is 18.8. The number of nitrogens with one attached hydrogen (secondary N) is 3. The molecule has 0 aliphatic carbocycles. The molecule has 0 saturated heterocycles. The molecule has 0 saturated carbocycles. The fraction of sp³-hybridized carbons (Fsp3) is 0.242. The largest absolute Gasteiger partial charge is 0.493 e. The van der Waals surface area contributed by atoms with Crippen LogP contribution in [0.4, 0.5) is 4.79 Å². The van der Waals surface area contributed by atoms with Gasteiger partial charge in [-0.25, -0.2) is 15.0 Å². The zero-order valence-corrected chi connectivity index (χ0v) is 27.6. The maximum atomic E-state index is 12.6. The lowest BCUT2D eigenvalue weighted by molar-refractivity contribution is -0.139. The molecule has 0 radical (unpaired) electrons. The zero-order chi connectivity index (χ0) is 33.9. The number of nitriles is 1. The third kappa shape index (κ3) is 8.59. The monoisotopic (exact) mass is 705 g/mol. The van der Waals surface area contributed by atoms with E-state index in [-0.39, 0.29) is 30.3 Å². The number of nitrogens with zero attached hydrogens (tertiary/aromatic N) is 2. The molecular weight excluding hydrogens is 674 g/mol. The standard InChI is InChI=1S/C33H32BrN5O8/c1-5-45-32(41)29-19(2)37-33(42)38-30(29)20-10-11-25(26(13-20)43-3)46-18-28(40)39-36-16-23-12-24(34)14-27(44-4)31(23)47-17-22-9-7-6-8-21(22)15-35/h6-14,16,30H,5,17-18H2,1-4H3,(H,39,40)(H2,37,38,42)/b36-16+/t30-/m0/s1. The van der Waals surface area contributed by atoms with Crippen molar-refractivity contribution in [2.45, 2.75) is 26.5 Å². The van der Waals surface area contributed by atoms with Gasteiger partial charge in [-0.05, 0) is 49.7 Å². The second-order valence-corrected chi connectivity index (χ2v) is 10.8. The molecule has 244 valence electrons. The summed E-state index contributed by atoms with van der Waals surface area (Å²) in [6.45, 7) is 3.18. The topological polar surface area (TPSA) is 170 Å². The summed E-state index contributed by atoms with van der Waals surface area (Å²) in [5.74, 6) is 0.178. The van der Waals surface area contributed by atoms with Crippen molar-refractivity contribution < 1.29 is 38.1 Å². The lowest BCUT2D eigenvalue weighted by Crippen LogP contribution is -2.45. The van der Waals surface area contributed by atoms with E-state index < -0.39 is 30.6 Å². The molecule has 3 aromatic carbocycles. The van der Waals surface area contributed by atoms with Crippen molar-refractivity contribution in [2.24, 2.45) is 5.10 Å². The number of hydrogen-bond donors (Lipinski definition) is 3. The highest BCUT2D eigenvalue weighted by molar-refractivity contribution is 9.10. The summed E-state index contributed by atoms with van der Waals surface area (Å²) in [4.78, 5) is 37.5. The molecule has 1 aliphatic rings. The van der Waals surface area contributed by atoms with Crippen LogP contribution in [0.25, 0.3) is 0 Å². The Bertz CT molecular complexity index is 1770. The minimum absolute atomic E-state index is 0.105. The second kappa shape index (κ2) is 16.1. The molecule has 4 rings (SSSR count). The van der Waals surface area contributed by atoms with Crippen LogP contribution in [-0.2, 0) is 20.9 Å². The number of carbonyl (C=O) groups excluding carboxylic acids is 3. The van der Waals surface area contributed by atoms with Crippen LogP contribution in [0.2, 0.25) is 0 Å². The first kappa shape index (κ1) is 34.3. The SMILES string of the molecule is CCOC(=O)C1=C(C)NC(=O)N[C@H]1c1ccc(OCC(=O)N/N=C/c2cc(Br)cc(OC)c2OCc2ccccc2C#N)c(OC)c1. The van der Waals surface area contributed by atoms with Gasteiger partial charge in [0.2, 0.25) is 0 Å². The fourth-order valence-electron chi connectivity index (χ4n) is 4.65. The summed E-state index contributed by atoms with van der Waals surface area (Å²) in [6, 6.07) is 16.2. The molecule has 14 heteroatoms. The maximum absolute atomic E-state index is 12.6. The number of rotatable bonds is 13. The third-order valence-electron chi connectivity index (χ3n) is 6.82. The van der Waals surface area contributed by atoms with E-state index >= 15 is 0 Å². The van der Waals surface area contributed by atoms with Gasteiger partial charge in [0.15, 0.2) is 29.6 Å². The molecule has 3 amide bonds. The van der Waals surface area contributed by atoms with Gasteiger partial charge >= 0.3 is 12.0 Å². The molecule has 1 heterocycles. The predicted molar refractivity (Wildman–Crippen MR) is 174 cm³/mol. The van der Waals surface area contributed by atoms with Gasteiger partial charge in [0.05, 0.1) is 50.3 Å². The number of ether oxygens (including phenoxy) is 5. The van der Waals surface area contributed by atoms with Gasteiger partial charge in [0.25, 0.3) is 5.91 Å². The zero-order valence-electron chi connectivity index (χ0n) is 26.0. The summed E-state index contributed by atoms with van der Waals surface area (Å²) in [7, 11) is 2.92. The first-order valence-electron chi connectivity index (χ1n) is 14.2. The number of methoxy groups -OCH3 is 2. The van der Waals surface area contributed by atoms with Crippen molar-refractivity contribution in [3.05, 3.63) is 92.6 Å². The Balaban J connectivity index is 1.44. The molecule has 3 N–H and O–H groups in total. The van der Waals surface area contributed by atoms with Crippen molar-refractivity contribution >= 4 is 40.1 Å². The Morgan fingerprint density at radius 1 is 1.06 bits per heavy atom. The highest BCUT2D eigenvalue weighted by Gasteiger charge is 2.32. The van der Waals surface area contributed by atoms with Gasteiger partial charge < -0.3 is 34.3 Å². The minimum Gasteiger partial charge on any atom is -0.493 e. The van der Waals surface area contributed by atoms with Gasteiger partial charge in [-0.15, -0.1) is 0 Å². The second-order valence-electron chi connectivity index (χ2n) is 9.87. The van der Waals surface area contributed by atoms with E-state index in [1.807, 2.05) is 6.07 Å². The lowest BCUT2D eigenvalue weighted by Gasteiger charge is -2.28. The third-order valence-corrected chi connectivity index (χ3v) is 7.27. The first-order chi connectivity index (χ1) is 22.7. The van der Waals surface area contributed by atoms with E-state index in [1.54, 1.807) is 62.4 Å². The molecule has 47 heavy (non-hydrogen) atoms. The van der Waals surface area contributed by atoms with E-state index in [1.165, 1.54) is 20.4 Å². The van der Waals surface area contributed by atoms with E-state index in [0.717, 1.165) is 0 Å². The Hall–Kier alpha value is -5.55. The van der Waals surface area contributed by atoms with Crippen LogP contribution in [0.15, 0.2) is 75.4 Å². The number of amides is 3. The van der Waals surface area contributed by atoms with E-state index in [2.05, 4.69) is 43.2 Å². The molecule has 0 fully saturated rings. The average Bonchev–Trinajstić information content (AvgIpc) is 3.06. The molecule has 13 nitrogen and oxygen atoms in total. The van der Waals surface area contributed by atoms with Gasteiger partial charge in [-0.3, -0.25) is 4.79 Å². The first-order valence-corrected chi connectivity index (χ1v) is 15.0. The Morgan fingerprint density at radius 3 is 2.55 bits per heavy atom. The van der Waals surface area contributed by atoms with E-state index in [9.17, 15) is 19.6 Å². The Morgan fingerprint density at radius 2 is 1.83 bits per heavy atom. The van der Waals surface area contributed by atoms with Crippen LogP contribution >= 0.6 is 15.9 Å². The normalized spacial score (nSPS) is 14.0. The van der Waals surface area contributed by atoms with Crippen LogP contribution in [0, 0.1) is 11.3 Å². The van der Waals surface area contributed by atoms with Crippen molar-refractivity contribution in [1.82, 2.24) is 16.1 Å². The number of hydrogen-bond acceptors (Lipinski definition) is 10. The van der Waals surface area contributed by atoms with Crippen molar-refractivity contribution in [3.63, 3.8) is 0 Å². The number of esters is 1. The quantitative estimate of drug-likeness (QED) is 0.130. The molecule has 3 aromatic rings. The highest BCUT2D eigenvalue weighted by atomic mass is 79.9. The van der Waals surface area contributed by atoms with Crippen LogP contribution in [0.1, 0.15) is 42.1 Å². The number of hydrazone groups is 1. The number of halogens is 1. The molecule has 0 aromatic heterocycles. The van der Waals surface area contributed by atoms with Crippen LogP contribution < -0.4 is 35.0 Å². The predicted octanol–water partition coefficient (Wildman–Crippen LogP) is 4.64. The lowest BCUT2D eigenvalue weighted by atomic mass is 9.95. The van der Waals surface area contributed by atoms with Crippen LogP contribution in [-0.4, -0.2) is 51.6 Å². The van der Waals surface area contributed by atoms with E-state index in [0.29, 0.717) is 43.9 Å². The summed E-state index contributed by atoms with van der Waals surface area (Å²) in [6.07, 6.45) is 1.40. The van der Waals surface area contributed by atoms with Gasteiger partial charge in [-0.1, -0.05) is 40.2 Å². The summed E-state index contributed by atoms with van der Waals surface area (Å²) >= 11 is 3.44. The van der Waals surface area contributed by atoms with Gasteiger partial charge in [-0.2, -0.15) is 10.4 Å². The molecule has 1 aliphatic heterocycles. The van der Waals surface area contributed by atoms with Crippen LogP contribution in [0.5, 0.6) is 23.0 Å². The maximum Gasteiger partial charge on any atom is 0.338 e.